The molecule has 12 aromatic rings. The number of hydrogen-bond donors (Lipinski definition) is 12. The molecule has 0 radical (unpaired) electrons. The highest BCUT2D eigenvalue weighted by Gasteiger charge is 2.33. The number of H-pyrrole nitrogens is 4. The van der Waals surface area contributed by atoms with Crippen LogP contribution in [0.2, 0.25) is 5.02 Å². The summed E-state index contributed by atoms with van der Waals surface area (Å²) in [6, 6.07) is 24.0. The van der Waals surface area contributed by atoms with Crippen LogP contribution < -0.4 is 65.5 Å². The van der Waals surface area contributed by atoms with Crippen LogP contribution in [0.5, 0.6) is 0 Å². The van der Waals surface area contributed by atoms with Gasteiger partial charge in [0.1, 0.15) is 48.5 Å². The molecule has 132 heavy (non-hydrogen) atoms. The van der Waals surface area contributed by atoms with Gasteiger partial charge >= 0.3 is 0 Å². The zero-order chi connectivity index (χ0) is 96.6. The molecule has 4 unspecified atom stereocenters. The molecule has 0 aliphatic rings. The van der Waals surface area contributed by atoms with Crippen LogP contribution >= 0.6 is 41.7 Å². The summed E-state index contributed by atoms with van der Waals surface area (Å²) in [5, 5.41) is 11.6. The Bertz CT molecular complexity index is 6440. The third-order valence-corrected chi connectivity index (χ3v) is 28.4. The van der Waals surface area contributed by atoms with Crippen LogP contribution in [-0.4, -0.2) is 192 Å². The van der Waals surface area contributed by atoms with Crippen LogP contribution in [0.3, 0.4) is 0 Å². The summed E-state index contributed by atoms with van der Waals surface area (Å²) < 4.78 is 128. The topological polar surface area (TPSA) is 651 Å². The number of ether oxygens (including phenoxy) is 4. The van der Waals surface area contributed by atoms with Gasteiger partial charge in [-0.05, 0) is 122 Å². The van der Waals surface area contributed by atoms with E-state index in [2.05, 4.69) is 80.2 Å². The lowest BCUT2D eigenvalue weighted by atomic mass is 10.2. The number of aryl methyl sites for hydroxylation is 3. The van der Waals surface area contributed by atoms with Crippen molar-refractivity contribution < 1.29 is 82.9 Å². The Kier molecular flexibility index (Phi) is 37.6. The zero-order valence-corrected chi connectivity index (χ0v) is 79.5. The van der Waals surface area contributed by atoms with Gasteiger partial charge in [-0.25, -0.2) is 48.7 Å². The largest absolute Gasteiger partial charge is 0.369 e. The standard InChI is InChI=1S/C20H26ClN6O5P.C20H27N6O7PS.2C20H27N6O5P/c1-12-4-5-15(8-16(12)21)9-32-33(30,26-13(2)14(3)28)11-31-7-6-27-10-23-17-18(27)24-20(22)25-19(17)29;1-13(14(2)27)25-34(29,33-10-15-4-6-16(7-5-15)35(3,30)31)12-32-9-8-26-11-22-17-18(26)23-20(21)24-19(17)28;2*1-13-4-6-16(7-5-13)10-31-32(29,25-14(2)15(3)27)12-30-9-8-26-11-22-17-18(26)23-20(21)24-19(17)28/h4-5,8,10,13H,6-7,9,11H2,1-3H3,(H,26,30)(H3,22,24,25,29);4-7,11,13H,8-10,12H2,1-3H3,(H,25,29)(H3,21,23,24,28);2*4-7,11,14H,8-10,12H2,1-3H3,(H,25,29)(H3,21,23,24,28)/t13-,33?;13-,34?;2*14-,32?/m0000/s1. The summed E-state index contributed by atoms with van der Waals surface area (Å²) >= 11 is 6.15. The summed E-state index contributed by atoms with van der Waals surface area (Å²) in [4.78, 5) is 136. The number of halogens is 1. The number of hydrogen-bond acceptors (Lipinski definition) is 34. The molecular formula is C80H107ClN24O22P4S. The van der Waals surface area contributed by atoms with Crippen LogP contribution in [0.1, 0.15) is 94.3 Å². The van der Waals surface area contributed by atoms with Gasteiger partial charge in [-0.1, -0.05) is 95.5 Å². The number of aromatic nitrogens is 16. The number of anilines is 4. The Hall–Kier alpha value is -11.2. The maximum Gasteiger partial charge on any atom is 0.295 e. The lowest BCUT2D eigenvalue weighted by Gasteiger charge is -2.23. The maximum atomic E-state index is 13.4. The zero-order valence-electron chi connectivity index (χ0n) is 74.3. The predicted octanol–water partition coefficient (Wildman–Crippen LogP) is 7.59. The minimum Gasteiger partial charge on any atom is -0.369 e. The van der Waals surface area contributed by atoms with Gasteiger partial charge in [0.25, 0.3) is 52.3 Å². The highest BCUT2D eigenvalue weighted by atomic mass is 35.5. The van der Waals surface area contributed by atoms with Crippen LogP contribution in [0.4, 0.5) is 23.8 Å². The fourth-order valence-electron chi connectivity index (χ4n) is 11.6. The van der Waals surface area contributed by atoms with Crippen molar-refractivity contribution in [2.24, 2.45) is 0 Å². The average Bonchev–Trinajstić information content (AvgIpc) is 1.67. The van der Waals surface area contributed by atoms with Crippen LogP contribution in [0.15, 0.2) is 140 Å². The Balaban J connectivity index is 0.000000198. The van der Waals surface area contributed by atoms with E-state index in [0.29, 0.717) is 40.6 Å². The molecule has 0 aliphatic heterocycles. The molecule has 0 spiro atoms. The molecule has 8 heterocycles. The number of imidazole rings is 4. The molecule has 52 heteroatoms. The summed E-state index contributed by atoms with van der Waals surface area (Å²) in [6.07, 6.45) is 5.80. The number of carbonyl (C=O) groups is 4. The maximum absolute atomic E-state index is 13.4. The van der Waals surface area contributed by atoms with Crippen molar-refractivity contribution in [3.8, 4) is 0 Å². The molecule has 712 valence electrons. The monoisotopic (exact) mass is 1950 g/mol. The molecule has 8 aromatic heterocycles. The Morgan fingerprint density at radius 3 is 0.871 bits per heavy atom. The Morgan fingerprint density at radius 1 is 0.402 bits per heavy atom. The normalized spacial score (nSPS) is 14.4. The number of rotatable bonds is 45. The van der Waals surface area contributed by atoms with Gasteiger partial charge in [-0.15, -0.1) is 0 Å². The summed E-state index contributed by atoms with van der Waals surface area (Å²) in [6.45, 7) is 19.6. The van der Waals surface area contributed by atoms with Crippen molar-refractivity contribution in [3.63, 3.8) is 0 Å². The first-order valence-electron chi connectivity index (χ1n) is 40.6. The number of nitrogen functional groups attached to an aromatic ring is 4. The first-order valence-corrected chi connectivity index (χ1v) is 50.2. The number of ketones is 4. The number of carbonyl (C=O) groups excluding carboxylic acids is 4. The molecular weight excluding hydrogens is 1840 g/mol. The molecule has 0 aliphatic carbocycles. The SMILES string of the molecule is CC(=O)[C@H](C)NP(=O)(COCCn1cnc2c(=O)[nH]c(N)nc21)OCc1ccc(C)c(Cl)c1.CC(=O)[C@H](C)NP(=O)(COCCn1cnc2c(=O)[nH]c(N)nc21)OCc1ccc(C)cc1.CC(=O)[C@H](C)NP(=O)(COCCn1cnc2c(=O)[nH]c(N)nc21)OCc1ccc(C)cc1.CC(=O)[C@H](C)NP(=O)(COCCn1cnc2c(=O)[nH]c(N)nc21)OCc1ccc(S(C)(=O)=O)cc1. The van der Waals surface area contributed by atoms with Crippen LogP contribution in [0.25, 0.3) is 44.7 Å². The third kappa shape index (κ3) is 31.2. The number of nitrogens with two attached hydrogens (primary N) is 4. The summed E-state index contributed by atoms with van der Waals surface area (Å²) in [5.41, 5.74) is 28.7. The first kappa shape index (κ1) is 105. The fourth-order valence-corrected chi connectivity index (χ4v) is 19.3. The number of Topliss-reactive ketones (excluding diaryl/α,β-unsaturated/α-hetero) is 4. The number of sulfone groups is 1. The number of nitrogens with one attached hydrogen (secondary N) is 8. The second kappa shape index (κ2) is 47.5. The molecule has 4 aromatic carbocycles. The minimum atomic E-state index is -3.64. The van der Waals surface area contributed by atoms with Crippen molar-refractivity contribution in [3.05, 3.63) is 202 Å². The van der Waals surface area contributed by atoms with Gasteiger partial charge < -0.3 is 78.2 Å². The van der Waals surface area contributed by atoms with Crippen molar-refractivity contribution in [1.29, 1.82) is 0 Å². The highest BCUT2D eigenvalue weighted by molar-refractivity contribution is 7.90. The van der Waals surface area contributed by atoms with Crippen molar-refractivity contribution >= 4 is 143 Å². The Morgan fingerprint density at radius 2 is 0.636 bits per heavy atom. The van der Waals surface area contributed by atoms with E-state index in [0.717, 1.165) is 39.6 Å². The van der Waals surface area contributed by atoms with E-state index in [9.17, 15) is 65.0 Å². The molecule has 0 amide bonds. The predicted molar refractivity (Wildman–Crippen MR) is 494 cm³/mol. The van der Waals surface area contributed by atoms with E-state index >= 15 is 0 Å². The smallest absolute Gasteiger partial charge is 0.295 e. The van der Waals surface area contributed by atoms with E-state index in [1.54, 1.807) is 64.2 Å². The molecule has 0 saturated heterocycles. The lowest BCUT2D eigenvalue weighted by Crippen LogP contribution is -2.32. The molecule has 12 rings (SSSR count). The molecule has 0 bridgehead atoms. The van der Waals surface area contributed by atoms with Gasteiger partial charge in [-0.2, -0.15) is 19.9 Å². The van der Waals surface area contributed by atoms with Crippen molar-refractivity contribution in [1.82, 2.24) is 98.4 Å². The molecule has 16 N–H and O–H groups in total. The van der Waals surface area contributed by atoms with Crippen molar-refractivity contribution in [2.45, 2.75) is 158 Å². The van der Waals surface area contributed by atoms with E-state index < -0.39 is 86.3 Å². The fraction of sp³-hybridized carbons (Fsp3) is 0.400. The highest BCUT2D eigenvalue weighted by Crippen LogP contribution is 2.47. The lowest BCUT2D eigenvalue weighted by molar-refractivity contribution is -0.119. The van der Waals surface area contributed by atoms with E-state index in [1.165, 1.54) is 65.1 Å². The number of nitrogens with zero attached hydrogens (tertiary/aromatic N) is 12. The molecule has 46 nitrogen and oxygen atoms in total. The van der Waals surface area contributed by atoms with Gasteiger partial charge in [0, 0.05) is 37.5 Å². The van der Waals surface area contributed by atoms with E-state index in [1.807, 2.05) is 81.4 Å². The minimum absolute atomic E-state index is 0.0124. The number of fused-ring (bicyclic) bond motifs is 4. The number of aromatic amines is 4. The average molecular weight is 1950 g/mol. The number of benzene rings is 4. The van der Waals surface area contributed by atoms with Gasteiger partial charge in [-0.3, -0.25) is 76.6 Å². The van der Waals surface area contributed by atoms with Crippen LogP contribution in [-0.2, 0) is 137 Å². The Labute approximate surface area is 760 Å². The second-order valence-corrected chi connectivity index (χ2v) is 41.4. The summed E-state index contributed by atoms with van der Waals surface area (Å²) in [5.74, 6) is -0.836. The molecule has 8 atom stereocenters. The summed E-state index contributed by atoms with van der Waals surface area (Å²) in [7, 11) is -17.5. The van der Waals surface area contributed by atoms with Gasteiger partial charge in [0.15, 0.2) is 54.5 Å². The third-order valence-electron chi connectivity index (χ3n) is 19.5. The van der Waals surface area contributed by atoms with Gasteiger partial charge in [0.2, 0.25) is 23.8 Å². The quantitative estimate of drug-likeness (QED) is 0.0129. The van der Waals surface area contributed by atoms with E-state index in [4.69, 9.17) is 71.6 Å². The second-order valence-electron chi connectivity index (χ2n) is 30.5. The van der Waals surface area contributed by atoms with Gasteiger partial charge in [0.05, 0.1) is 107 Å². The molecule has 0 fully saturated rings. The van der Waals surface area contributed by atoms with Crippen LogP contribution in [0, 0.1) is 20.8 Å². The van der Waals surface area contributed by atoms with Crippen molar-refractivity contribution in [2.75, 3.05) is 81.0 Å². The first-order chi connectivity index (χ1) is 62.3. The molecule has 0 saturated carbocycles. The van der Waals surface area contributed by atoms with E-state index in [-0.39, 0.29) is 171 Å².